The van der Waals surface area contributed by atoms with E-state index >= 15 is 0 Å². The van der Waals surface area contributed by atoms with E-state index < -0.39 is 9.84 Å². The first kappa shape index (κ1) is 12.4. The van der Waals surface area contributed by atoms with Crippen LogP contribution in [0.5, 0.6) is 0 Å². The predicted molar refractivity (Wildman–Crippen MR) is 67.8 cm³/mol. The number of hydrogen-bond donors (Lipinski definition) is 1. The highest BCUT2D eigenvalue weighted by Gasteiger charge is 2.30. The van der Waals surface area contributed by atoms with Crippen LogP contribution in [-0.4, -0.2) is 38.1 Å². The highest BCUT2D eigenvalue weighted by Crippen LogP contribution is 2.23. The summed E-state index contributed by atoms with van der Waals surface area (Å²) in [5.41, 5.74) is 1.85. The number of nitrogens with zero attached hydrogens (tertiary/aromatic N) is 1. The molecule has 5 heteroatoms. The van der Waals surface area contributed by atoms with E-state index in [0.717, 1.165) is 11.3 Å². The first-order chi connectivity index (χ1) is 8.02. The molecule has 1 aromatic rings. The Balaban J connectivity index is 2.11. The highest BCUT2D eigenvalue weighted by molar-refractivity contribution is 7.91. The van der Waals surface area contributed by atoms with Crippen LogP contribution in [0, 0.1) is 0 Å². The van der Waals surface area contributed by atoms with Crippen molar-refractivity contribution in [2.24, 2.45) is 0 Å². The first-order valence-corrected chi connectivity index (χ1v) is 7.47. The molecular formula is C12H17NO3S. The van der Waals surface area contributed by atoms with E-state index in [1.54, 1.807) is 0 Å². The number of hydrogen-bond acceptors (Lipinski definition) is 4. The van der Waals surface area contributed by atoms with Crippen molar-refractivity contribution in [2.45, 2.75) is 19.1 Å². The number of benzene rings is 1. The van der Waals surface area contributed by atoms with Gasteiger partial charge >= 0.3 is 0 Å². The lowest BCUT2D eigenvalue weighted by Crippen LogP contribution is -2.32. The lowest BCUT2D eigenvalue weighted by atomic mass is 10.1. The third-order valence-electron chi connectivity index (χ3n) is 3.28. The Hall–Kier alpha value is -1.07. The van der Waals surface area contributed by atoms with Crippen molar-refractivity contribution in [1.29, 1.82) is 0 Å². The second-order valence-corrected chi connectivity index (χ2v) is 6.72. The van der Waals surface area contributed by atoms with E-state index in [2.05, 4.69) is 0 Å². The lowest BCUT2D eigenvalue weighted by molar-refractivity contribution is 0.282. The average Bonchev–Trinajstić information content (AvgIpc) is 2.69. The molecule has 17 heavy (non-hydrogen) atoms. The van der Waals surface area contributed by atoms with Crippen LogP contribution in [0.15, 0.2) is 24.3 Å². The van der Waals surface area contributed by atoms with Crippen molar-refractivity contribution in [2.75, 3.05) is 23.5 Å². The Morgan fingerprint density at radius 1 is 1.35 bits per heavy atom. The fourth-order valence-electron chi connectivity index (χ4n) is 2.13. The molecule has 1 atom stereocenters. The summed E-state index contributed by atoms with van der Waals surface area (Å²) < 4.78 is 22.8. The molecule has 0 radical (unpaired) electrons. The number of aliphatic hydroxyl groups is 1. The molecule has 1 fully saturated rings. The predicted octanol–water partition coefficient (Wildman–Crippen LogP) is 0.802. The molecule has 1 aromatic carbocycles. The zero-order valence-corrected chi connectivity index (χ0v) is 10.7. The molecule has 4 nitrogen and oxygen atoms in total. The normalized spacial score (nSPS) is 22.6. The molecular weight excluding hydrogens is 238 g/mol. The van der Waals surface area contributed by atoms with Crippen molar-refractivity contribution in [1.82, 2.24) is 0 Å². The van der Waals surface area contributed by atoms with Crippen molar-refractivity contribution in [3.63, 3.8) is 0 Å². The maximum absolute atomic E-state index is 11.4. The summed E-state index contributed by atoms with van der Waals surface area (Å²) in [6.45, 7) is 0.0296. The third-order valence-corrected chi connectivity index (χ3v) is 5.03. The number of anilines is 1. The van der Waals surface area contributed by atoms with Gasteiger partial charge in [-0.15, -0.1) is 0 Å². The second-order valence-electron chi connectivity index (χ2n) is 4.49. The summed E-state index contributed by atoms with van der Waals surface area (Å²) in [5.74, 6) is 0.530. The molecule has 0 amide bonds. The molecule has 1 N–H and O–H groups in total. The van der Waals surface area contributed by atoms with Gasteiger partial charge in [0.05, 0.1) is 18.1 Å². The van der Waals surface area contributed by atoms with E-state index in [1.807, 2.05) is 36.2 Å². The molecule has 0 spiro atoms. The van der Waals surface area contributed by atoms with Gasteiger partial charge in [0, 0.05) is 18.8 Å². The number of aliphatic hydroxyl groups excluding tert-OH is 1. The van der Waals surface area contributed by atoms with Gasteiger partial charge in [0.1, 0.15) is 0 Å². The van der Waals surface area contributed by atoms with Gasteiger partial charge in [0.25, 0.3) is 0 Å². The first-order valence-electron chi connectivity index (χ1n) is 5.65. The molecule has 2 rings (SSSR count). The summed E-state index contributed by atoms with van der Waals surface area (Å²) in [4.78, 5) is 2.01. The van der Waals surface area contributed by atoms with Crippen LogP contribution in [0.25, 0.3) is 0 Å². The van der Waals surface area contributed by atoms with E-state index in [-0.39, 0.29) is 24.2 Å². The summed E-state index contributed by atoms with van der Waals surface area (Å²) in [6.07, 6.45) is 0.695. The van der Waals surface area contributed by atoms with Crippen LogP contribution in [0.2, 0.25) is 0 Å². The van der Waals surface area contributed by atoms with Crippen LogP contribution in [-0.2, 0) is 16.4 Å². The molecule has 1 saturated heterocycles. The summed E-state index contributed by atoms with van der Waals surface area (Å²) >= 11 is 0. The van der Waals surface area contributed by atoms with Crippen molar-refractivity contribution < 1.29 is 13.5 Å². The minimum atomic E-state index is -2.84. The summed E-state index contributed by atoms with van der Waals surface area (Å²) in [6, 6.07) is 7.61. The van der Waals surface area contributed by atoms with Crippen LogP contribution in [0.1, 0.15) is 12.0 Å². The summed E-state index contributed by atoms with van der Waals surface area (Å²) in [5, 5.41) is 8.95. The Labute approximate surface area is 102 Å². The Bertz CT molecular complexity index is 481. The SMILES string of the molecule is CN(c1ccc(CO)cc1)C1CCS(=O)(=O)C1. The number of rotatable bonds is 3. The third kappa shape index (κ3) is 2.79. The van der Waals surface area contributed by atoms with Crippen LogP contribution in [0.4, 0.5) is 5.69 Å². The standard InChI is InChI=1S/C12H17NO3S/c1-13(12-6-7-17(15,16)9-12)11-4-2-10(8-14)3-5-11/h2-5,12,14H,6-9H2,1H3. The minimum absolute atomic E-state index is 0.0296. The molecule has 1 aliphatic heterocycles. The van der Waals surface area contributed by atoms with E-state index in [0.29, 0.717) is 6.42 Å². The van der Waals surface area contributed by atoms with Gasteiger partial charge < -0.3 is 10.0 Å². The zero-order chi connectivity index (χ0) is 12.5. The van der Waals surface area contributed by atoms with Crippen molar-refractivity contribution in [3.8, 4) is 0 Å². The molecule has 0 aliphatic carbocycles. The lowest BCUT2D eigenvalue weighted by Gasteiger charge is -2.25. The second kappa shape index (κ2) is 4.66. The van der Waals surface area contributed by atoms with Crippen LogP contribution in [0.3, 0.4) is 0 Å². The van der Waals surface area contributed by atoms with E-state index in [9.17, 15) is 8.42 Å². The fraction of sp³-hybridized carbons (Fsp3) is 0.500. The zero-order valence-electron chi connectivity index (χ0n) is 9.83. The molecule has 1 heterocycles. The maximum Gasteiger partial charge on any atom is 0.152 e. The Morgan fingerprint density at radius 3 is 2.47 bits per heavy atom. The van der Waals surface area contributed by atoms with Crippen LogP contribution < -0.4 is 4.90 Å². The van der Waals surface area contributed by atoms with E-state index in [4.69, 9.17) is 5.11 Å². The average molecular weight is 255 g/mol. The largest absolute Gasteiger partial charge is 0.392 e. The Kier molecular flexibility index (Phi) is 3.40. The number of sulfone groups is 1. The molecule has 0 bridgehead atoms. The van der Waals surface area contributed by atoms with Gasteiger partial charge in [-0.1, -0.05) is 12.1 Å². The van der Waals surface area contributed by atoms with Crippen LogP contribution >= 0.6 is 0 Å². The van der Waals surface area contributed by atoms with Gasteiger partial charge in [0.2, 0.25) is 0 Å². The highest BCUT2D eigenvalue weighted by atomic mass is 32.2. The van der Waals surface area contributed by atoms with Gasteiger partial charge in [0.15, 0.2) is 9.84 Å². The van der Waals surface area contributed by atoms with Gasteiger partial charge in [-0.2, -0.15) is 0 Å². The smallest absolute Gasteiger partial charge is 0.152 e. The molecule has 0 saturated carbocycles. The van der Waals surface area contributed by atoms with E-state index in [1.165, 1.54) is 0 Å². The van der Waals surface area contributed by atoms with Gasteiger partial charge in [-0.05, 0) is 24.1 Å². The maximum atomic E-state index is 11.4. The van der Waals surface area contributed by atoms with Gasteiger partial charge in [-0.3, -0.25) is 0 Å². The molecule has 1 unspecified atom stereocenters. The van der Waals surface area contributed by atoms with Crippen molar-refractivity contribution >= 4 is 15.5 Å². The molecule has 1 aliphatic rings. The van der Waals surface area contributed by atoms with Gasteiger partial charge in [-0.25, -0.2) is 8.42 Å². The summed E-state index contributed by atoms with van der Waals surface area (Å²) in [7, 11) is -0.927. The minimum Gasteiger partial charge on any atom is -0.392 e. The van der Waals surface area contributed by atoms with Crippen molar-refractivity contribution in [3.05, 3.63) is 29.8 Å². The Morgan fingerprint density at radius 2 is 2.00 bits per heavy atom. The molecule has 0 aromatic heterocycles. The quantitative estimate of drug-likeness (QED) is 0.868. The topological polar surface area (TPSA) is 57.6 Å². The monoisotopic (exact) mass is 255 g/mol. The molecule has 94 valence electrons. The fourth-order valence-corrected chi connectivity index (χ4v) is 3.90.